The van der Waals surface area contributed by atoms with Gasteiger partial charge < -0.3 is 5.11 Å². The van der Waals surface area contributed by atoms with Gasteiger partial charge in [0.2, 0.25) is 0 Å². The first-order valence-corrected chi connectivity index (χ1v) is 8.53. The lowest BCUT2D eigenvalue weighted by molar-refractivity contribution is 0.281. The highest BCUT2D eigenvalue weighted by Crippen LogP contribution is 2.47. The number of hydrogen-bond donors (Lipinski definition) is 1. The molecule has 1 atom stereocenters. The van der Waals surface area contributed by atoms with Crippen molar-refractivity contribution in [1.82, 2.24) is 0 Å². The molecular formula is C18H26OS. The van der Waals surface area contributed by atoms with Crippen LogP contribution in [-0.2, 0) is 12.0 Å². The predicted octanol–water partition coefficient (Wildman–Crippen LogP) is 4.95. The lowest BCUT2D eigenvalue weighted by Gasteiger charge is -2.38. The van der Waals surface area contributed by atoms with Gasteiger partial charge in [0.25, 0.3) is 0 Å². The van der Waals surface area contributed by atoms with Gasteiger partial charge in [0, 0.05) is 10.7 Å². The predicted molar refractivity (Wildman–Crippen MR) is 89.1 cm³/mol. The summed E-state index contributed by atoms with van der Waals surface area (Å²) in [5.74, 6) is 0. The standard InChI is InChI=1S/C18H26OS/c1-5-18(6-2,17-9-13(3)12-20-17)16-8-7-15(11-19)14(4)10-16/h7-8,10,12,17,19H,5-6,9,11H2,1-4H3. The van der Waals surface area contributed by atoms with Gasteiger partial charge in [0.1, 0.15) is 0 Å². The van der Waals surface area contributed by atoms with Gasteiger partial charge in [-0.2, -0.15) is 0 Å². The van der Waals surface area contributed by atoms with Crippen molar-refractivity contribution in [3.05, 3.63) is 45.9 Å². The lowest BCUT2D eigenvalue weighted by atomic mass is 9.71. The summed E-state index contributed by atoms with van der Waals surface area (Å²) in [4.78, 5) is 0. The van der Waals surface area contributed by atoms with Gasteiger partial charge in [-0.05, 0) is 55.2 Å². The molecule has 1 aromatic carbocycles. The first-order valence-electron chi connectivity index (χ1n) is 7.59. The highest BCUT2D eigenvalue weighted by atomic mass is 32.2. The van der Waals surface area contributed by atoms with Crippen LogP contribution in [0.2, 0.25) is 0 Å². The van der Waals surface area contributed by atoms with Gasteiger partial charge in [-0.3, -0.25) is 0 Å². The van der Waals surface area contributed by atoms with E-state index in [1.807, 2.05) is 11.8 Å². The number of aliphatic hydroxyl groups excluding tert-OH is 1. The van der Waals surface area contributed by atoms with Gasteiger partial charge >= 0.3 is 0 Å². The smallest absolute Gasteiger partial charge is 0.0684 e. The molecule has 1 aliphatic rings. The van der Waals surface area contributed by atoms with E-state index >= 15 is 0 Å². The van der Waals surface area contributed by atoms with Crippen LogP contribution in [0.5, 0.6) is 0 Å². The number of thioether (sulfide) groups is 1. The van der Waals surface area contributed by atoms with Crippen molar-refractivity contribution >= 4 is 11.8 Å². The van der Waals surface area contributed by atoms with E-state index < -0.39 is 0 Å². The second-order valence-electron chi connectivity index (χ2n) is 5.96. The first kappa shape index (κ1) is 15.7. The molecule has 0 amide bonds. The molecule has 0 saturated carbocycles. The Morgan fingerprint density at radius 3 is 2.40 bits per heavy atom. The summed E-state index contributed by atoms with van der Waals surface area (Å²) in [6.07, 6.45) is 3.54. The Balaban J connectivity index is 2.40. The van der Waals surface area contributed by atoms with Crippen LogP contribution in [-0.4, -0.2) is 10.4 Å². The maximum atomic E-state index is 9.36. The normalized spacial score (nSPS) is 19.2. The summed E-state index contributed by atoms with van der Waals surface area (Å²) in [5.41, 5.74) is 5.46. The van der Waals surface area contributed by atoms with E-state index in [1.54, 1.807) is 0 Å². The van der Waals surface area contributed by atoms with E-state index in [-0.39, 0.29) is 12.0 Å². The average Bonchev–Trinajstić information content (AvgIpc) is 2.88. The first-order chi connectivity index (χ1) is 9.57. The van der Waals surface area contributed by atoms with Crippen molar-refractivity contribution in [1.29, 1.82) is 0 Å². The minimum absolute atomic E-state index is 0.135. The van der Waals surface area contributed by atoms with Crippen molar-refractivity contribution in [3.8, 4) is 0 Å². The van der Waals surface area contributed by atoms with Gasteiger partial charge in [0.15, 0.2) is 0 Å². The molecule has 20 heavy (non-hydrogen) atoms. The molecule has 110 valence electrons. The van der Waals surface area contributed by atoms with Crippen LogP contribution in [0.15, 0.2) is 29.2 Å². The quantitative estimate of drug-likeness (QED) is 0.827. The third-order valence-electron chi connectivity index (χ3n) is 4.91. The summed E-state index contributed by atoms with van der Waals surface area (Å²) in [6.45, 7) is 9.11. The molecule has 0 aliphatic carbocycles. The van der Waals surface area contributed by atoms with Gasteiger partial charge in [-0.25, -0.2) is 0 Å². The van der Waals surface area contributed by atoms with Crippen molar-refractivity contribution in [3.63, 3.8) is 0 Å². The van der Waals surface area contributed by atoms with Gasteiger partial charge in [-0.1, -0.05) is 37.6 Å². The minimum atomic E-state index is 0.135. The van der Waals surface area contributed by atoms with Gasteiger partial charge in [0.05, 0.1) is 6.61 Å². The van der Waals surface area contributed by atoms with Crippen LogP contribution >= 0.6 is 11.8 Å². The molecule has 0 aromatic heterocycles. The zero-order chi connectivity index (χ0) is 14.8. The van der Waals surface area contributed by atoms with Crippen molar-refractivity contribution in [2.45, 2.75) is 64.2 Å². The fourth-order valence-electron chi connectivity index (χ4n) is 3.40. The number of hydrogen-bond acceptors (Lipinski definition) is 2. The summed E-state index contributed by atoms with van der Waals surface area (Å²) in [6, 6.07) is 6.64. The maximum absolute atomic E-state index is 9.36. The summed E-state index contributed by atoms with van der Waals surface area (Å²) in [7, 11) is 0. The van der Waals surface area contributed by atoms with E-state index in [9.17, 15) is 5.11 Å². The highest BCUT2D eigenvalue weighted by Gasteiger charge is 2.39. The van der Waals surface area contributed by atoms with E-state index in [0.717, 1.165) is 5.56 Å². The molecule has 1 aromatic rings. The van der Waals surface area contributed by atoms with E-state index in [4.69, 9.17) is 0 Å². The number of allylic oxidation sites excluding steroid dienone is 1. The van der Waals surface area contributed by atoms with Crippen molar-refractivity contribution < 1.29 is 5.11 Å². The van der Waals surface area contributed by atoms with E-state index in [0.29, 0.717) is 5.25 Å². The Kier molecular flexibility index (Phi) is 4.98. The summed E-state index contributed by atoms with van der Waals surface area (Å²) < 4.78 is 0. The molecule has 0 fully saturated rings. The number of benzene rings is 1. The monoisotopic (exact) mass is 290 g/mol. The Labute approximate surface area is 127 Å². The zero-order valence-electron chi connectivity index (χ0n) is 13.1. The molecular weight excluding hydrogens is 264 g/mol. The topological polar surface area (TPSA) is 20.2 Å². The SMILES string of the molecule is CCC(CC)(c1ccc(CO)c(C)c1)C1CC(C)=CS1. The van der Waals surface area contributed by atoms with Crippen LogP contribution in [0, 0.1) is 6.92 Å². The minimum Gasteiger partial charge on any atom is -0.392 e. The molecule has 2 rings (SSSR count). The maximum Gasteiger partial charge on any atom is 0.0684 e. The molecule has 1 N–H and O–H groups in total. The molecule has 0 spiro atoms. The molecule has 0 saturated heterocycles. The molecule has 1 heterocycles. The lowest BCUT2D eigenvalue weighted by Crippen LogP contribution is -2.35. The highest BCUT2D eigenvalue weighted by molar-refractivity contribution is 8.03. The second kappa shape index (κ2) is 6.36. The largest absolute Gasteiger partial charge is 0.392 e. The van der Waals surface area contributed by atoms with E-state index in [2.05, 4.69) is 51.3 Å². The van der Waals surface area contributed by atoms with Crippen LogP contribution in [0.3, 0.4) is 0 Å². The molecule has 1 aliphatic heterocycles. The van der Waals surface area contributed by atoms with Crippen LogP contribution in [0.25, 0.3) is 0 Å². The Hall–Kier alpha value is -0.730. The Bertz CT molecular complexity index is 500. The number of aliphatic hydroxyl groups is 1. The zero-order valence-corrected chi connectivity index (χ0v) is 13.9. The van der Waals surface area contributed by atoms with Crippen LogP contribution < -0.4 is 0 Å². The molecule has 1 unspecified atom stereocenters. The van der Waals surface area contributed by atoms with Crippen LogP contribution in [0.1, 0.15) is 56.7 Å². The fraction of sp³-hybridized carbons (Fsp3) is 0.556. The average molecular weight is 290 g/mol. The third kappa shape index (κ3) is 2.68. The Morgan fingerprint density at radius 2 is 1.95 bits per heavy atom. The van der Waals surface area contributed by atoms with Crippen molar-refractivity contribution in [2.75, 3.05) is 0 Å². The number of rotatable bonds is 5. The number of aryl methyl sites for hydroxylation is 1. The molecule has 2 heteroatoms. The third-order valence-corrected chi connectivity index (χ3v) is 6.39. The molecule has 1 nitrogen and oxygen atoms in total. The fourth-order valence-corrected chi connectivity index (χ4v) is 4.98. The molecule has 0 bridgehead atoms. The Morgan fingerprint density at radius 1 is 1.25 bits per heavy atom. The van der Waals surface area contributed by atoms with Crippen LogP contribution in [0.4, 0.5) is 0 Å². The van der Waals surface area contributed by atoms with Crippen molar-refractivity contribution in [2.24, 2.45) is 0 Å². The second-order valence-corrected chi connectivity index (χ2v) is 7.03. The summed E-state index contributed by atoms with van der Waals surface area (Å²) in [5, 5.41) is 12.3. The summed E-state index contributed by atoms with van der Waals surface area (Å²) >= 11 is 2.01. The van der Waals surface area contributed by atoms with Gasteiger partial charge in [-0.15, -0.1) is 11.8 Å². The molecule has 0 radical (unpaired) electrons. The van der Waals surface area contributed by atoms with E-state index in [1.165, 1.54) is 36.0 Å².